The molecule has 0 spiro atoms. The molecule has 1 N–H and O–H groups in total. The van der Waals surface area contributed by atoms with Gasteiger partial charge in [0.2, 0.25) is 5.88 Å². The number of ether oxygens (including phenoxy) is 1. The fourth-order valence-electron chi connectivity index (χ4n) is 1.78. The fourth-order valence-corrected chi connectivity index (χ4v) is 1.91. The van der Waals surface area contributed by atoms with E-state index in [1.165, 1.54) is 5.56 Å². The summed E-state index contributed by atoms with van der Waals surface area (Å²) in [6.45, 7) is 4.66. The Bertz CT molecular complexity index is 511. The fraction of sp³-hybridized carbons (Fsp3) is 0.267. The smallest absolute Gasteiger partial charge is 0.213 e. The lowest BCUT2D eigenvalue weighted by Gasteiger charge is -2.15. The molecule has 100 valence electrons. The van der Waals surface area contributed by atoms with Gasteiger partial charge < -0.3 is 10.1 Å². The Hall–Kier alpha value is -1.74. The van der Waals surface area contributed by atoms with Gasteiger partial charge in [-0.3, -0.25) is 0 Å². The van der Waals surface area contributed by atoms with Gasteiger partial charge in [0.15, 0.2) is 0 Å². The van der Waals surface area contributed by atoms with E-state index >= 15 is 0 Å². The average Bonchev–Trinajstić information content (AvgIpc) is 2.42. The predicted molar refractivity (Wildman–Crippen MR) is 78.9 cm³/mol. The first-order chi connectivity index (χ1) is 9.19. The lowest BCUT2D eigenvalue weighted by atomic mass is 10.1. The van der Waals surface area contributed by atoms with Crippen molar-refractivity contribution < 1.29 is 4.74 Å². The standard InChI is InChI=1S/C15H17ClN2O/c1-3-19-15-9-8-14(10-17-15)18-11(2)12-4-6-13(16)7-5-12/h4-11,18H,3H2,1-2H3. The summed E-state index contributed by atoms with van der Waals surface area (Å²) in [5.41, 5.74) is 2.14. The van der Waals surface area contributed by atoms with Crippen molar-refractivity contribution in [2.45, 2.75) is 19.9 Å². The summed E-state index contributed by atoms with van der Waals surface area (Å²) in [6.07, 6.45) is 1.78. The highest BCUT2D eigenvalue weighted by Crippen LogP contribution is 2.21. The molecule has 2 rings (SSSR count). The van der Waals surface area contributed by atoms with Gasteiger partial charge >= 0.3 is 0 Å². The normalized spacial score (nSPS) is 11.9. The SMILES string of the molecule is CCOc1ccc(NC(C)c2ccc(Cl)cc2)cn1. The second-order valence-corrected chi connectivity index (χ2v) is 4.67. The number of aromatic nitrogens is 1. The number of hydrogen-bond acceptors (Lipinski definition) is 3. The molecule has 1 aromatic carbocycles. The van der Waals surface area contributed by atoms with Crippen LogP contribution in [0.4, 0.5) is 5.69 Å². The third kappa shape index (κ3) is 3.86. The average molecular weight is 277 g/mol. The summed E-state index contributed by atoms with van der Waals surface area (Å²) < 4.78 is 5.31. The largest absolute Gasteiger partial charge is 0.478 e. The van der Waals surface area contributed by atoms with Crippen LogP contribution in [0.15, 0.2) is 42.6 Å². The van der Waals surface area contributed by atoms with E-state index in [0.29, 0.717) is 12.5 Å². The van der Waals surface area contributed by atoms with Crippen LogP contribution >= 0.6 is 11.6 Å². The van der Waals surface area contributed by atoms with Gasteiger partial charge in [-0.2, -0.15) is 0 Å². The maximum Gasteiger partial charge on any atom is 0.213 e. The van der Waals surface area contributed by atoms with E-state index in [0.717, 1.165) is 10.7 Å². The molecule has 0 saturated heterocycles. The number of rotatable bonds is 5. The Balaban J connectivity index is 2.01. The zero-order chi connectivity index (χ0) is 13.7. The van der Waals surface area contributed by atoms with Crippen LogP contribution in [0.1, 0.15) is 25.5 Å². The zero-order valence-corrected chi connectivity index (χ0v) is 11.8. The van der Waals surface area contributed by atoms with Crippen LogP contribution in [0.2, 0.25) is 5.02 Å². The molecule has 1 atom stereocenters. The van der Waals surface area contributed by atoms with E-state index in [1.54, 1.807) is 6.20 Å². The number of anilines is 1. The molecule has 0 saturated carbocycles. The van der Waals surface area contributed by atoms with Crippen LogP contribution in [-0.4, -0.2) is 11.6 Å². The topological polar surface area (TPSA) is 34.1 Å². The highest BCUT2D eigenvalue weighted by Gasteiger charge is 2.05. The minimum atomic E-state index is 0.192. The van der Waals surface area contributed by atoms with Crippen LogP contribution in [0, 0.1) is 0 Å². The molecular formula is C15H17ClN2O. The second-order valence-electron chi connectivity index (χ2n) is 4.24. The lowest BCUT2D eigenvalue weighted by molar-refractivity contribution is 0.327. The van der Waals surface area contributed by atoms with Gasteiger partial charge in [0.1, 0.15) is 0 Å². The van der Waals surface area contributed by atoms with E-state index in [2.05, 4.69) is 17.2 Å². The van der Waals surface area contributed by atoms with Crippen LogP contribution in [0.5, 0.6) is 5.88 Å². The Morgan fingerprint density at radius 3 is 2.53 bits per heavy atom. The number of nitrogens with one attached hydrogen (secondary N) is 1. The minimum Gasteiger partial charge on any atom is -0.478 e. The van der Waals surface area contributed by atoms with Crippen molar-refractivity contribution in [1.82, 2.24) is 4.98 Å². The van der Waals surface area contributed by atoms with Gasteiger partial charge in [-0.1, -0.05) is 23.7 Å². The first kappa shape index (κ1) is 13.7. The molecule has 3 nitrogen and oxygen atoms in total. The van der Waals surface area contributed by atoms with Crippen LogP contribution in [0.25, 0.3) is 0 Å². The summed E-state index contributed by atoms with van der Waals surface area (Å²) in [5, 5.41) is 4.13. The highest BCUT2D eigenvalue weighted by molar-refractivity contribution is 6.30. The van der Waals surface area contributed by atoms with Crippen molar-refractivity contribution >= 4 is 17.3 Å². The van der Waals surface area contributed by atoms with E-state index in [9.17, 15) is 0 Å². The predicted octanol–water partition coefficient (Wildman–Crippen LogP) is 4.31. The molecule has 19 heavy (non-hydrogen) atoms. The second kappa shape index (κ2) is 6.43. The molecule has 0 aliphatic heterocycles. The molecule has 0 aliphatic carbocycles. The lowest BCUT2D eigenvalue weighted by Crippen LogP contribution is -2.06. The Morgan fingerprint density at radius 1 is 1.21 bits per heavy atom. The van der Waals surface area contributed by atoms with Gasteiger partial charge in [-0.15, -0.1) is 0 Å². The van der Waals surface area contributed by atoms with Gasteiger partial charge in [-0.05, 0) is 37.6 Å². The molecule has 4 heteroatoms. The van der Waals surface area contributed by atoms with E-state index in [1.807, 2.05) is 43.3 Å². The quantitative estimate of drug-likeness (QED) is 0.884. The molecule has 0 fully saturated rings. The van der Waals surface area contributed by atoms with Gasteiger partial charge in [-0.25, -0.2) is 4.98 Å². The van der Waals surface area contributed by atoms with Crippen molar-refractivity contribution in [1.29, 1.82) is 0 Å². The number of hydrogen-bond donors (Lipinski definition) is 1. The number of nitrogens with zero attached hydrogens (tertiary/aromatic N) is 1. The van der Waals surface area contributed by atoms with E-state index in [4.69, 9.17) is 16.3 Å². The molecule has 1 unspecified atom stereocenters. The monoisotopic (exact) mass is 276 g/mol. The van der Waals surface area contributed by atoms with Crippen LogP contribution in [-0.2, 0) is 0 Å². The molecule has 1 heterocycles. The summed E-state index contributed by atoms with van der Waals surface area (Å²) in [6, 6.07) is 11.8. The molecule has 0 amide bonds. The van der Waals surface area contributed by atoms with Crippen molar-refractivity contribution in [2.24, 2.45) is 0 Å². The summed E-state index contributed by atoms with van der Waals surface area (Å²) >= 11 is 5.88. The molecule has 0 aliphatic rings. The van der Waals surface area contributed by atoms with E-state index in [-0.39, 0.29) is 6.04 Å². The van der Waals surface area contributed by atoms with Crippen molar-refractivity contribution in [3.63, 3.8) is 0 Å². The first-order valence-electron chi connectivity index (χ1n) is 6.30. The summed E-state index contributed by atoms with van der Waals surface area (Å²) in [7, 11) is 0. The highest BCUT2D eigenvalue weighted by atomic mass is 35.5. The minimum absolute atomic E-state index is 0.192. The molecule has 1 aromatic heterocycles. The molecular weight excluding hydrogens is 260 g/mol. The summed E-state index contributed by atoms with van der Waals surface area (Å²) in [4.78, 5) is 4.22. The van der Waals surface area contributed by atoms with Gasteiger partial charge in [0.05, 0.1) is 18.5 Å². The van der Waals surface area contributed by atoms with Crippen molar-refractivity contribution in [3.05, 3.63) is 53.2 Å². The Kier molecular flexibility index (Phi) is 4.63. The van der Waals surface area contributed by atoms with E-state index < -0.39 is 0 Å². The molecule has 0 bridgehead atoms. The third-order valence-corrected chi connectivity index (χ3v) is 3.03. The number of halogens is 1. The Morgan fingerprint density at radius 2 is 1.95 bits per heavy atom. The first-order valence-corrected chi connectivity index (χ1v) is 6.67. The maximum absolute atomic E-state index is 5.88. The van der Waals surface area contributed by atoms with Crippen LogP contribution < -0.4 is 10.1 Å². The maximum atomic E-state index is 5.88. The third-order valence-electron chi connectivity index (χ3n) is 2.78. The zero-order valence-electron chi connectivity index (χ0n) is 11.1. The molecule has 0 radical (unpaired) electrons. The number of pyridine rings is 1. The summed E-state index contributed by atoms with van der Waals surface area (Å²) in [5.74, 6) is 0.646. The Labute approximate surface area is 118 Å². The van der Waals surface area contributed by atoms with Gasteiger partial charge in [0.25, 0.3) is 0 Å². The van der Waals surface area contributed by atoms with Crippen LogP contribution in [0.3, 0.4) is 0 Å². The molecule has 2 aromatic rings. The van der Waals surface area contributed by atoms with Crippen molar-refractivity contribution in [3.8, 4) is 5.88 Å². The van der Waals surface area contributed by atoms with Gasteiger partial charge in [0, 0.05) is 17.1 Å². The number of benzene rings is 1. The van der Waals surface area contributed by atoms with Crippen molar-refractivity contribution in [2.75, 3.05) is 11.9 Å².